The number of benzene rings is 2. The minimum atomic E-state index is -0.925. The van der Waals surface area contributed by atoms with Gasteiger partial charge in [-0.2, -0.15) is 0 Å². The molecule has 0 N–H and O–H groups in total. The lowest BCUT2D eigenvalue weighted by molar-refractivity contribution is 0.00679. The average molecular weight is 595 g/mol. The Morgan fingerprint density at radius 3 is 2.26 bits per heavy atom. The summed E-state index contributed by atoms with van der Waals surface area (Å²) in [5, 5.41) is 0.380. The molecule has 39 heavy (non-hydrogen) atoms. The van der Waals surface area contributed by atoms with E-state index in [1.165, 1.54) is 6.07 Å². The molecule has 0 bridgehead atoms. The van der Waals surface area contributed by atoms with E-state index in [-0.39, 0.29) is 44.1 Å². The summed E-state index contributed by atoms with van der Waals surface area (Å²) in [4.78, 5) is 40.4. The Balaban J connectivity index is 2.05. The third-order valence-corrected chi connectivity index (χ3v) is 7.24. The van der Waals surface area contributed by atoms with Crippen molar-refractivity contribution in [3.63, 3.8) is 0 Å². The summed E-state index contributed by atoms with van der Waals surface area (Å²) >= 11 is 18.6. The SMILES string of the molecule is CCn1c(C)c(-c2cc(C(=O)OC3CC3)c(Cl)cc2F)c(=O)c(C(=O)OC(C)(C)C)c1-c1ccc(Cl)c(Cl)c1. The molecule has 1 saturated carbocycles. The van der Waals surface area contributed by atoms with Crippen molar-refractivity contribution in [1.29, 1.82) is 0 Å². The van der Waals surface area contributed by atoms with E-state index in [4.69, 9.17) is 44.3 Å². The lowest BCUT2D eigenvalue weighted by Gasteiger charge is -2.25. The summed E-state index contributed by atoms with van der Waals surface area (Å²) in [5.41, 5.74) is -1.30. The van der Waals surface area contributed by atoms with Crippen LogP contribution in [-0.4, -0.2) is 28.2 Å². The van der Waals surface area contributed by atoms with E-state index in [2.05, 4.69) is 0 Å². The Kier molecular flexibility index (Phi) is 8.18. The highest BCUT2D eigenvalue weighted by molar-refractivity contribution is 6.42. The summed E-state index contributed by atoms with van der Waals surface area (Å²) in [6, 6.07) is 6.91. The Labute approximate surface area is 240 Å². The van der Waals surface area contributed by atoms with Gasteiger partial charge in [-0.25, -0.2) is 14.0 Å². The zero-order valence-electron chi connectivity index (χ0n) is 22.1. The molecule has 4 rings (SSSR count). The lowest BCUT2D eigenvalue weighted by atomic mass is 9.94. The van der Waals surface area contributed by atoms with Crippen molar-refractivity contribution < 1.29 is 23.5 Å². The van der Waals surface area contributed by atoms with Gasteiger partial charge in [-0.05, 0) is 71.7 Å². The number of hydrogen-bond acceptors (Lipinski definition) is 5. The summed E-state index contributed by atoms with van der Waals surface area (Å²) in [6.07, 6.45) is 1.28. The normalized spacial score (nSPS) is 13.4. The fourth-order valence-electron chi connectivity index (χ4n) is 4.31. The van der Waals surface area contributed by atoms with Gasteiger partial charge in [0.1, 0.15) is 23.1 Å². The predicted molar refractivity (Wildman–Crippen MR) is 151 cm³/mol. The van der Waals surface area contributed by atoms with Crippen molar-refractivity contribution in [3.8, 4) is 22.4 Å². The highest BCUT2D eigenvalue weighted by atomic mass is 35.5. The van der Waals surface area contributed by atoms with Gasteiger partial charge in [0.15, 0.2) is 0 Å². The van der Waals surface area contributed by atoms with Crippen LogP contribution < -0.4 is 5.43 Å². The Bertz CT molecular complexity index is 1550. The third kappa shape index (κ3) is 6.01. The number of rotatable bonds is 6. The van der Waals surface area contributed by atoms with Gasteiger partial charge in [0.25, 0.3) is 0 Å². The standard InChI is InChI=1S/C29H27Cl3FNO5/c1-6-34-14(2)23(18-12-17(20(31)13-22(18)33)27(36)38-16-8-9-16)26(35)24(28(37)39-29(3,4)5)25(34)15-7-10-19(30)21(32)11-15/h7,10-13,16H,6,8-9H2,1-5H3. The first-order valence-electron chi connectivity index (χ1n) is 12.4. The molecule has 1 fully saturated rings. The number of hydrogen-bond donors (Lipinski definition) is 0. The van der Waals surface area contributed by atoms with E-state index in [9.17, 15) is 14.4 Å². The molecule has 0 aliphatic heterocycles. The highest BCUT2D eigenvalue weighted by Gasteiger charge is 2.32. The highest BCUT2D eigenvalue weighted by Crippen LogP contribution is 2.36. The largest absolute Gasteiger partial charge is 0.459 e. The summed E-state index contributed by atoms with van der Waals surface area (Å²) < 4.78 is 28.1. The predicted octanol–water partition coefficient (Wildman–Crippen LogP) is 7.88. The molecule has 0 atom stereocenters. The van der Waals surface area contributed by atoms with Crippen LogP contribution in [0.2, 0.25) is 15.1 Å². The van der Waals surface area contributed by atoms with Crippen molar-refractivity contribution >= 4 is 46.7 Å². The van der Waals surface area contributed by atoms with Crippen LogP contribution >= 0.6 is 34.8 Å². The smallest absolute Gasteiger partial charge is 0.344 e. The minimum absolute atomic E-state index is 0.0748. The molecule has 1 aliphatic rings. The average Bonchev–Trinajstić information content (AvgIpc) is 3.64. The zero-order chi connectivity index (χ0) is 28.8. The van der Waals surface area contributed by atoms with Crippen LogP contribution in [0.4, 0.5) is 4.39 Å². The van der Waals surface area contributed by atoms with Crippen LogP contribution in [0.15, 0.2) is 35.1 Å². The van der Waals surface area contributed by atoms with Crippen LogP contribution in [0.5, 0.6) is 0 Å². The van der Waals surface area contributed by atoms with E-state index < -0.39 is 28.8 Å². The zero-order valence-corrected chi connectivity index (χ0v) is 24.4. The van der Waals surface area contributed by atoms with Gasteiger partial charge in [0, 0.05) is 23.4 Å². The number of ether oxygens (including phenoxy) is 2. The Hall–Kier alpha value is -2.87. The first-order chi connectivity index (χ1) is 18.2. The van der Waals surface area contributed by atoms with Gasteiger partial charge in [0.2, 0.25) is 5.43 Å². The topological polar surface area (TPSA) is 74.6 Å². The second-order valence-corrected chi connectivity index (χ2v) is 11.5. The maximum atomic E-state index is 15.4. The number of carbonyl (C=O) groups is 2. The molecule has 3 aromatic rings. The molecule has 2 aromatic carbocycles. The number of halogens is 4. The second-order valence-electron chi connectivity index (χ2n) is 10.3. The van der Waals surface area contributed by atoms with E-state index in [1.54, 1.807) is 50.5 Å². The molecule has 0 saturated heterocycles. The van der Waals surface area contributed by atoms with Gasteiger partial charge in [-0.3, -0.25) is 4.79 Å². The maximum absolute atomic E-state index is 15.4. The van der Waals surface area contributed by atoms with Crippen LogP contribution in [0, 0.1) is 12.7 Å². The van der Waals surface area contributed by atoms with E-state index in [0.29, 0.717) is 22.8 Å². The van der Waals surface area contributed by atoms with Crippen LogP contribution in [0.25, 0.3) is 22.4 Å². The second kappa shape index (κ2) is 11.0. The molecule has 206 valence electrons. The first kappa shape index (κ1) is 29.1. The summed E-state index contributed by atoms with van der Waals surface area (Å²) in [7, 11) is 0. The Morgan fingerprint density at radius 2 is 1.69 bits per heavy atom. The first-order valence-corrected chi connectivity index (χ1v) is 13.5. The maximum Gasteiger partial charge on any atom is 0.344 e. The fourth-order valence-corrected chi connectivity index (χ4v) is 4.83. The number of nitrogens with zero attached hydrogens (tertiary/aromatic N) is 1. The van der Waals surface area contributed by atoms with Crippen LogP contribution in [-0.2, 0) is 16.0 Å². The molecular formula is C29H27Cl3FNO5. The molecule has 1 aliphatic carbocycles. The van der Waals surface area contributed by atoms with Gasteiger partial charge in [-0.15, -0.1) is 0 Å². The third-order valence-electron chi connectivity index (χ3n) is 6.18. The molecule has 0 amide bonds. The van der Waals surface area contributed by atoms with Crippen LogP contribution in [0.3, 0.4) is 0 Å². The van der Waals surface area contributed by atoms with E-state index in [0.717, 1.165) is 18.9 Å². The minimum Gasteiger partial charge on any atom is -0.459 e. The van der Waals surface area contributed by atoms with Crippen LogP contribution in [0.1, 0.15) is 66.9 Å². The van der Waals surface area contributed by atoms with Crippen molar-refractivity contribution in [3.05, 3.63) is 78.3 Å². The summed E-state index contributed by atoms with van der Waals surface area (Å²) in [5.74, 6) is -2.43. The fraction of sp³-hybridized carbons (Fsp3) is 0.345. The number of esters is 2. The van der Waals surface area contributed by atoms with Crippen molar-refractivity contribution in [2.24, 2.45) is 0 Å². The molecule has 0 unspecified atom stereocenters. The van der Waals surface area contributed by atoms with Gasteiger partial charge in [-0.1, -0.05) is 40.9 Å². The monoisotopic (exact) mass is 593 g/mol. The number of aromatic nitrogens is 1. The molecule has 0 radical (unpaired) electrons. The molecule has 1 heterocycles. The molecule has 0 spiro atoms. The number of carbonyl (C=O) groups excluding carboxylic acids is 2. The molecule has 6 nitrogen and oxygen atoms in total. The van der Waals surface area contributed by atoms with Crippen molar-refractivity contribution in [2.75, 3.05) is 0 Å². The van der Waals surface area contributed by atoms with Gasteiger partial charge < -0.3 is 14.0 Å². The quantitative estimate of drug-likeness (QED) is 0.271. The number of pyridine rings is 1. The lowest BCUT2D eigenvalue weighted by Crippen LogP contribution is -2.31. The van der Waals surface area contributed by atoms with Crippen molar-refractivity contribution in [2.45, 2.75) is 65.7 Å². The van der Waals surface area contributed by atoms with E-state index >= 15 is 4.39 Å². The van der Waals surface area contributed by atoms with Gasteiger partial charge in [0.05, 0.1) is 31.9 Å². The van der Waals surface area contributed by atoms with E-state index in [1.807, 2.05) is 6.92 Å². The molecule has 10 heteroatoms. The Morgan fingerprint density at radius 1 is 1.03 bits per heavy atom. The van der Waals surface area contributed by atoms with Gasteiger partial charge >= 0.3 is 11.9 Å². The summed E-state index contributed by atoms with van der Waals surface area (Å²) in [6.45, 7) is 8.78. The van der Waals surface area contributed by atoms with Crippen molar-refractivity contribution in [1.82, 2.24) is 4.57 Å². The molecular weight excluding hydrogens is 568 g/mol. The molecule has 1 aromatic heterocycles.